The van der Waals surface area contributed by atoms with Crippen molar-refractivity contribution in [3.8, 4) is 28.4 Å². The number of aromatic nitrogens is 2. The number of benzene rings is 2. The topological polar surface area (TPSA) is 83.8 Å². The summed E-state index contributed by atoms with van der Waals surface area (Å²) in [7, 11) is 0. The highest BCUT2D eigenvalue weighted by molar-refractivity contribution is 5.92. The van der Waals surface area contributed by atoms with Crippen LogP contribution in [0.4, 0.5) is 0 Å². The van der Waals surface area contributed by atoms with Gasteiger partial charge in [-0.1, -0.05) is 30.3 Å². The molecule has 1 unspecified atom stereocenters. The van der Waals surface area contributed by atoms with Gasteiger partial charge in [0.2, 0.25) is 5.88 Å². The Morgan fingerprint density at radius 2 is 1.94 bits per heavy atom. The number of carbonyl (C=O) groups is 1. The fraction of sp³-hybridized carbons (Fsp3) is 0.385. The number of morpholine rings is 1. The molecule has 0 bridgehead atoms. The number of hydrogen-bond acceptors (Lipinski definition) is 7. The molecule has 1 N–H and O–H groups in total. The quantitative estimate of drug-likeness (QED) is 0.455. The Labute approximate surface area is 199 Å². The SMILES string of the molecule is CCOC(=O)c1cnn(-c2ccc(-c3ccccc3OCC)cc2)c1OCCC1CNCCO1. The van der Waals surface area contributed by atoms with Gasteiger partial charge in [-0.15, -0.1) is 0 Å². The maximum Gasteiger partial charge on any atom is 0.345 e. The van der Waals surface area contributed by atoms with Gasteiger partial charge in [0, 0.05) is 25.1 Å². The molecule has 1 saturated heterocycles. The number of ether oxygens (including phenoxy) is 4. The minimum atomic E-state index is -0.457. The van der Waals surface area contributed by atoms with Gasteiger partial charge in [0.15, 0.2) is 0 Å². The van der Waals surface area contributed by atoms with E-state index in [-0.39, 0.29) is 12.7 Å². The van der Waals surface area contributed by atoms with Crippen LogP contribution in [0.5, 0.6) is 11.6 Å². The molecule has 0 spiro atoms. The number of para-hydroxylation sites is 1. The zero-order chi connectivity index (χ0) is 23.8. The summed E-state index contributed by atoms with van der Waals surface area (Å²) >= 11 is 0. The van der Waals surface area contributed by atoms with Crippen LogP contribution in [-0.4, -0.2) is 61.4 Å². The lowest BCUT2D eigenvalue weighted by atomic mass is 10.0. The van der Waals surface area contributed by atoms with Gasteiger partial charge in [-0.2, -0.15) is 5.10 Å². The van der Waals surface area contributed by atoms with E-state index in [1.54, 1.807) is 11.6 Å². The lowest BCUT2D eigenvalue weighted by Gasteiger charge is -2.23. The maximum absolute atomic E-state index is 12.5. The van der Waals surface area contributed by atoms with Crippen molar-refractivity contribution in [3.63, 3.8) is 0 Å². The number of rotatable bonds is 10. The second kappa shape index (κ2) is 11.7. The van der Waals surface area contributed by atoms with Gasteiger partial charge in [-0.05, 0) is 37.6 Å². The highest BCUT2D eigenvalue weighted by Crippen LogP contribution is 2.31. The molecule has 8 heteroatoms. The molecule has 4 rings (SSSR count). The Balaban J connectivity index is 1.57. The van der Waals surface area contributed by atoms with Crippen LogP contribution in [0.15, 0.2) is 54.7 Å². The van der Waals surface area contributed by atoms with E-state index in [1.807, 2.05) is 55.5 Å². The molecule has 3 aromatic rings. The van der Waals surface area contributed by atoms with E-state index in [0.29, 0.717) is 37.7 Å². The lowest BCUT2D eigenvalue weighted by molar-refractivity contribution is 0.0153. The van der Waals surface area contributed by atoms with Crippen LogP contribution in [0.2, 0.25) is 0 Å². The fourth-order valence-electron chi connectivity index (χ4n) is 3.87. The van der Waals surface area contributed by atoms with Crippen molar-refractivity contribution in [1.29, 1.82) is 0 Å². The Morgan fingerprint density at radius 3 is 2.68 bits per heavy atom. The Kier molecular flexibility index (Phi) is 8.17. The third-order valence-electron chi connectivity index (χ3n) is 5.51. The maximum atomic E-state index is 12.5. The minimum Gasteiger partial charge on any atom is -0.493 e. The Morgan fingerprint density at radius 1 is 1.12 bits per heavy atom. The molecule has 1 atom stereocenters. The largest absolute Gasteiger partial charge is 0.493 e. The van der Waals surface area contributed by atoms with Gasteiger partial charge in [-0.3, -0.25) is 0 Å². The van der Waals surface area contributed by atoms with Crippen LogP contribution in [0, 0.1) is 0 Å². The van der Waals surface area contributed by atoms with Crippen LogP contribution in [0.25, 0.3) is 16.8 Å². The van der Waals surface area contributed by atoms with Crippen LogP contribution < -0.4 is 14.8 Å². The monoisotopic (exact) mass is 465 g/mol. The molecule has 0 saturated carbocycles. The highest BCUT2D eigenvalue weighted by Gasteiger charge is 2.22. The first-order valence-corrected chi connectivity index (χ1v) is 11.7. The molecule has 1 fully saturated rings. The molecule has 34 heavy (non-hydrogen) atoms. The third-order valence-corrected chi connectivity index (χ3v) is 5.51. The summed E-state index contributed by atoms with van der Waals surface area (Å²) in [5.74, 6) is 0.746. The van der Waals surface area contributed by atoms with E-state index in [4.69, 9.17) is 18.9 Å². The van der Waals surface area contributed by atoms with Crippen molar-refractivity contribution in [1.82, 2.24) is 15.1 Å². The predicted octanol–water partition coefficient (Wildman–Crippen LogP) is 3.87. The standard InChI is InChI=1S/C26H31N3O5/c1-3-31-24-8-6-5-7-22(24)19-9-11-20(12-10-19)29-25(23(18-28-29)26(30)32-4-2)34-15-13-21-17-27-14-16-33-21/h5-12,18,21,27H,3-4,13-17H2,1-2H3. The normalized spacial score (nSPS) is 15.6. The number of esters is 1. The molecule has 0 radical (unpaired) electrons. The molecule has 0 aliphatic carbocycles. The van der Waals surface area contributed by atoms with E-state index in [9.17, 15) is 4.79 Å². The predicted molar refractivity (Wildman–Crippen MR) is 129 cm³/mol. The number of carbonyl (C=O) groups excluding carboxylic acids is 1. The molecule has 1 aliphatic heterocycles. The summed E-state index contributed by atoms with van der Waals surface area (Å²) in [6.45, 7) is 7.35. The van der Waals surface area contributed by atoms with Gasteiger partial charge >= 0.3 is 5.97 Å². The van der Waals surface area contributed by atoms with E-state index >= 15 is 0 Å². The summed E-state index contributed by atoms with van der Waals surface area (Å²) < 4.78 is 24.4. The summed E-state index contributed by atoms with van der Waals surface area (Å²) in [5.41, 5.74) is 3.12. The molecular formula is C26H31N3O5. The van der Waals surface area contributed by atoms with Gasteiger partial charge in [0.25, 0.3) is 0 Å². The smallest absolute Gasteiger partial charge is 0.345 e. The second-order valence-electron chi connectivity index (χ2n) is 7.81. The van der Waals surface area contributed by atoms with E-state index in [1.165, 1.54) is 6.20 Å². The molecule has 0 amide bonds. The summed E-state index contributed by atoms with van der Waals surface area (Å²) in [6, 6.07) is 15.8. The van der Waals surface area contributed by atoms with E-state index < -0.39 is 5.97 Å². The average molecular weight is 466 g/mol. The average Bonchev–Trinajstić information content (AvgIpc) is 3.29. The first kappa shape index (κ1) is 23.8. The van der Waals surface area contributed by atoms with Crippen molar-refractivity contribution < 1.29 is 23.7 Å². The third kappa shape index (κ3) is 5.58. The molecular weight excluding hydrogens is 434 g/mol. The van der Waals surface area contributed by atoms with Crippen molar-refractivity contribution in [3.05, 3.63) is 60.3 Å². The lowest BCUT2D eigenvalue weighted by Crippen LogP contribution is -2.39. The number of nitrogens with zero attached hydrogens (tertiary/aromatic N) is 2. The Hall–Kier alpha value is -3.36. The first-order chi connectivity index (χ1) is 16.7. The van der Waals surface area contributed by atoms with Gasteiger partial charge in [-0.25, -0.2) is 9.48 Å². The van der Waals surface area contributed by atoms with E-state index in [0.717, 1.165) is 35.7 Å². The number of nitrogens with one attached hydrogen (secondary N) is 1. The summed E-state index contributed by atoms with van der Waals surface area (Å²) in [6.07, 6.45) is 2.28. The molecule has 2 aromatic carbocycles. The second-order valence-corrected chi connectivity index (χ2v) is 7.81. The molecule has 1 aliphatic rings. The minimum absolute atomic E-state index is 0.0841. The van der Waals surface area contributed by atoms with Crippen molar-refractivity contribution in [2.45, 2.75) is 26.4 Å². The van der Waals surface area contributed by atoms with E-state index in [2.05, 4.69) is 10.4 Å². The van der Waals surface area contributed by atoms with Crippen LogP contribution in [-0.2, 0) is 9.47 Å². The summed E-state index contributed by atoms with van der Waals surface area (Å²) in [4.78, 5) is 12.5. The summed E-state index contributed by atoms with van der Waals surface area (Å²) in [5, 5.41) is 7.74. The number of hydrogen-bond donors (Lipinski definition) is 1. The highest BCUT2D eigenvalue weighted by atomic mass is 16.5. The van der Waals surface area contributed by atoms with Crippen LogP contribution in [0.3, 0.4) is 0 Å². The van der Waals surface area contributed by atoms with Gasteiger partial charge < -0.3 is 24.3 Å². The molecule has 8 nitrogen and oxygen atoms in total. The molecule has 2 heterocycles. The van der Waals surface area contributed by atoms with Gasteiger partial charge in [0.05, 0.1) is 44.4 Å². The zero-order valence-corrected chi connectivity index (χ0v) is 19.7. The molecule has 1 aromatic heterocycles. The van der Waals surface area contributed by atoms with Crippen LogP contribution in [0.1, 0.15) is 30.6 Å². The van der Waals surface area contributed by atoms with Crippen molar-refractivity contribution in [2.24, 2.45) is 0 Å². The fourth-order valence-corrected chi connectivity index (χ4v) is 3.87. The zero-order valence-electron chi connectivity index (χ0n) is 19.7. The van der Waals surface area contributed by atoms with Crippen molar-refractivity contribution in [2.75, 3.05) is 39.5 Å². The molecule has 180 valence electrons. The van der Waals surface area contributed by atoms with Gasteiger partial charge in [0.1, 0.15) is 11.3 Å². The van der Waals surface area contributed by atoms with Crippen molar-refractivity contribution >= 4 is 5.97 Å². The first-order valence-electron chi connectivity index (χ1n) is 11.7. The van der Waals surface area contributed by atoms with Crippen LogP contribution >= 0.6 is 0 Å². The Bertz CT molecular complexity index is 1070.